The highest BCUT2D eigenvalue weighted by atomic mass is 16.5. The second-order valence-electron chi connectivity index (χ2n) is 6.45. The largest absolute Gasteiger partial charge is 0.497 e. The summed E-state index contributed by atoms with van der Waals surface area (Å²) in [7, 11) is 1.62. The van der Waals surface area contributed by atoms with Gasteiger partial charge in [0.15, 0.2) is 0 Å². The number of carbonyl (C=O) groups excluding carboxylic acids is 1. The first-order chi connectivity index (χ1) is 13.6. The summed E-state index contributed by atoms with van der Waals surface area (Å²) in [6.45, 7) is 2.12. The van der Waals surface area contributed by atoms with Crippen molar-refractivity contribution in [2.75, 3.05) is 17.7 Å². The third-order valence-electron chi connectivity index (χ3n) is 4.36. The Morgan fingerprint density at radius 3 is 2.36 bits per heavy atom. The lowest BCUT2D eigenvalue weighted by Gasteiger charge is -2.16. The molecule has 1 amide bonds. The van der Waals surface area contributed by atoms with Gasteiger partial charge in [0.25, 0.3) is 0 Å². The molecule has 0 radical (unpaired) electrons. The van der Waals surface area contributed by atoms with E-state index in [0.29, 0.717) is 0 Å². The number of hydrogen-bond acceptors (Lipinski definition) is 3. The molecule has 4 heteroatoms. The molecular weight excluding hydrogens is 348 g/mol. The van der Waals surface area contributed by atoms with Crippen LogP contribution in [0.4, 0.5) is 11.4 Å². The first-order valence-corrected chi connectivity index (χ1v) is 9.19. The van der Waals surface area contributed by atoms with E-state index in [4.69, 9.17) is 4.74 Å². The van der Waals surface area contributed by atoms with Crippen molar-refractivity contribution in [3.8, 4) is 5.75 Å². The molecule has 2 N–H and O–H groups in total. The number of benzene rings is 3. The molecule has 142 valence electrons. The van der Waals surface area contributed by atoms with Gasteiger partial charge in [-0.3, -0.25) is 4.79 Å². The predicted molar refractivity (Wildman–Crippen MR) is 116 cm³/mol. The van der Waals surface area contributed by atoms with E-state index in [-0.39, 0.29) is 11.9 Å². The fourth-order valence-electron chi connectivity index (χ4n) is 2.83. The van der Waals surface area contributed by atoms with Crippen molar-refractivity contribution in [2.24, 2.45) is 0 Å². The summed E-state index contributed by atoms with van der Waals surface area (Å²) in [5.74, 6) is 0.580. The molecule has 3 rings (SSSR count). The zero-order valence-electron chi connectivity index (χ0n) is 16.1. The van der Waals surface area contributed by atoms with Crippen LogP contribution < -0.4 is 15.4 Å². The van der Waals surface area contributed by atoms with Crippen molar-refractivity contribution in [1.82, 2.24) is 0 Å². The molecule has 1 atom stereocenters. The van der Waals surface area contributed by atoms with Crippen LogP contribution in [0.15, 0.2) is 84.9 Å². The lowest BCUT2D eigenvalue weighted by molar-refractivity contribution is -0.111. The molecule has 0 aliphatic rings. The van der Waals surface area contributed by atoms with Crippen LogP contribution in [-0.2, 0) is 4.79 Å². The fourth-order valence-corrected chi connectivity index (χ4v) is 2.83. The van der Waals surface area contributed by atoms with Gasteiger partial charge in [-0.15, -0.1) is 0 Å². The monoisotopic (exact) mass is 372 g/mol. The zero-order chi connectivity index (χ0) is 19.8. The van der Waals surface area contributed by atoms with E-state index in [1.54, 1.807) is 13.2 Å². The lowest BCUT2D eigenvalue weighted by atomic mass is 10.1. The Balaban J connectivity index is 1.56. The molecule has 3 aromatic carbocycles. The van der Waals surface area contributed by atoms with Crippen molar-refractivity contribution in [3.63, 3.8) is 0 Å². The van der Waals surface area contributed by atoms with E-state index < -0.39 is 0 Å². The average molecular weight is 372 g/mol. The molecular formula is C24H24N2O2. The third kappa shape index (κ3) is 5.48. The molecule has 4 nitrogen and oxygen atoms in total. The summed E-state index contributed by atoms with van der Waals surface area (Å²) in [6.07, 6.45) is 3.27. The maximum Gasteiger partial charge on any atom is 0.248 e. The minimum atomic E-state index is -0.179. The third-order valence-corrected chi connectivity index (χ3v) is 4.36. The van der Waals surface area contributed by atoms with Crippen LogP contribution in [0.25, 0.3) is 6.08 Å². The van der Waals surface area contributed by atoms with E-state index in [1.807, 2.05) is 66.7 Å². The highest BCUT2D eigenvalue weighted by Crippen LogP contribution is 2.21. The van der Waals surface area contributed by atoms with Gasteiger partial charge in [-0.1, -0.05) is 42.5 Å². The van der Waals surface area contributed by atoms with E-state index >= 15 is 0 Å². The van der Waals surface area contributed by atoms with Gasteiger partial charge >= 0.3 is 0 Å². The average Bonchev–Trinajstić information content (AvgIpc) is 2.74. The van der Waals surface area contributed by atoms with Gasteiger partial charge in [-0.25, -0.2) is 0 Å². The Hall–Kier alpha value is -3.53. The number of nitrogens with one attached hydrogen (secondary N) is 2. The van der Waals surface area contributed by atoms with Gasteiger partial charge in [-0.05, 0) is 60.5 Å². The second-order valence-corrected chi connectivity index (χ2v) is 6.45. The summed E-state index contributed by atoms with van der Waals surface area (Å²) in [5.41, 5.74) is 3.88. The SMILES string of the molecule is COc1cccc(/C=C/C(=O)Nc2ccc(NC(C)c3ccccc3)cc2)c1. The van der Waals surface area contributed by atoms with Crippen LogP contribution in [-0.4, -0.2) is 13.0 Å². The molecule has 28 heavy (non-hydrogen) atoms. The Morgan fingerprint density at radius 1 is 0.929 bits per heavy atom. The molecule has 0 aliphatic carbocycles. The minimum absolute atomic E-state index is 0.179. The summed E-state index contributed by atoms with van der Waals surface area (Å²) < 4.78 is 5.18. The summed E-state index contributed by atoms with van der Waals surface area (Å²) in [5, 5.41) is 6.33. The number of ether oxygens (including phenoxy) is 1. The quantitative estimate of drug-likeness (QED) is 0.537. The van der Waals surface area contributed by atoms with Gasteiger partial charge in [0, 0.05) is 23.5 Å². The first kappa shape index (κ1) is 19.2. The van der Waals surface area contributed by atoms with Crippen LogP contribution in [0.1, 0.15) is 24.1 Å². The van der Waals surface area contributed by atoms with Crippen LogP contribution in [0.3, 0.4) is 0 Å². The number of hydrogen-bond donors (Lipinski definition) is 2. The van der Waals surface area contributed by atoms with Crippen molar-refractivity contribution < 1.29 is 9.53 Å². The van der Waals surface area contributed by atoms with Crippen molar-refractivity contribution in [1.29, 1.82) is 0 Å². The summed E-state index contributed by atoms with van der Waals surface area (Å²) in [6, 6.07) is 25.7. The number of methoxy groups -OCH3 is 1. The van der Waals surface area contributed by atoms with Gasteiger partial charge in [-0.2, -0.15) is 0 Å². The number of rotatable bonds is 7. The van der Waals surface area contributed by atoms with E-state index in [2.05, 4.69) is 29.7 Å². The zero-order valence-corrected chi connectivity index (χ0v) is 16.1. The van der Waals surface area contributed by atoms with Crippen LogP contribution in [0, 0.1) is 0 Å². The van der Waals surface area contributed by atoms with E-state index in [1.165, 1.54) is 11.6 Å². The Bertz CT molecular complexity index is 934. The molecule has 0 spiro atoms. The highest BCUT2D eigenvalue weighted by Gasteiger charge is 2.05. The predicted octanol–water partition coefficient (Wildman–Crippen LogP) is 5.52. The maximum absolute atomic E-state index is 12.1. The fraction of sp³-hybridized carbons (Fsp3) is 0.125. The highest BCUT2D eigenvalue weighted by molar-refractivity contribution is 6.02. The number of amides is 1. The molecule has 0 saturated heterocycles. The van der Waals surface area contributed by atoms with Gasteiger partial charge in [0.05, 0.1) is 7.11 Å². The molecule has 0 fully saturated rings. The minimum Gasteiger partial charge on any atom is -0.497 e. The second kappa shape index (κ2) is 9.42. The Morgan fingerprint density at radius 2 is 1.64 bits per heavy atom. The van der Waals surface area contributed by atoms with Crippen molar-refractivity contribution in [3.05, 3.63) is 96.1 Å². The van der Waals surface area contributed by atoms with Crippen LogP contribution in [0.5, 0.6) is 5.75 Å². The molecule has 1 unspecified atom stereocenters. The normalized spacial score (nSPS) is 11.8. The van der Waals surface area contributed by atoms with Gasteiger partial charge < -0.3 is 15.4 Å². The van der Waals surface area contributed by atoms with Gasteiger partial charge in [0.2, 0.25) is 5.91 Å². The first-order valence-electron chi connectivity index (χ1n) is 9.19. The van der Waals surface area contributed by atoms with E-state index in [9.17, 15) is 4.79 Å². The lowest BCUT2D eigenvalue weighted by Crippen LogP contribution is -2.08. The van der Waals surface area contributed by atoms with Crippen molar-refractivity contribution in [2.45, 2.75) is 13.0 Å². The van der Waals surface area contributed by atoms with Crippen LogP contribution >= 0.6 is 0 Å². The number of carbonyl (C=O) groups is 1. The molecule has 0 heterocycles. The maximum atomic E-state index is 12.1. The molecule has 0 saturated carbocycles. The Kier molecular flexibility index (Phi) is 6.47. The molecule has 0 aliphatic heterocycles. The molecule has 0 bridgehead atoms. The molecule has 3 aromatic rings. The van der Waals surface area contributed by atoms with Crippen LogP contribution in [0.2, 0.25) is 0 Å². The Labute approximate surface area is 165 Å². The smallest absolute Gasteiger partial charge is 0.248 e. The van der Waals surface area contributed by atoms with E-state index in [0.717, 1.165) is 22.7 Å². The van der Waals surface area contributed by atoms with Crippen molar-refractivity contribution >= 4 is 23.4 Å². The summed E-state index contributed by atoms with van der Waals surface area (Å²) in [4.78, 5) is 12.1. The standard InChI is InChI=1S/C24H24N2O2/c1-18(20-8-4-3-5-9-20)25-21-12-14-22(15-13-21)26-24(27)16-11-19-7-6-10-23(17-19)28-2/h3-18,25H,1-2H3,(H,26,27)/b16-11+. The molecule has 0 aromatic heterocycles. The number of anilines is 2. The topological polar surface area (TPSA) is 50.4 Å². The summed E-state index contributed by atoms with van der Waals surface area (Å²) >= 11 is 0. The van der Waals surface area contributed by atoms with Gasteiger partial charge in [0.1, 0.15) is 5.75 Å².